The highest BCUT2D eigenvalue weighted by atomic mass is 16.5. The molecule has 1 aliphatic rings. The molecule has 0 bridgehead atoms. The predicted molar refractivity (Wildman–Crippen MR) is 89.8 cm³/mol. The van der Waals surface area contributed by atoms with Crippen LogP contribution in [-0.2, 0) is 11.3 Å². The molecule has 0 aromatic carbocycles. The number of carbonyl (C=O) groups is 1. The van der Waals surface area contributed by atoms with Crippen LogP contribution in [-0.4, -0.2) is 40.1 Å². The zero-order valence-corrected chi connectivity index (χ0v) is 13.9. The Morgan fingerprint density at radius 1 is 1.42 bits per heavy atom. The summed E-state index contributed by atoms with van der Waals surface area (Å²) in [5.74, 6) is 1.38. The highest BCUT2D eigenvalue weighted by Crippen LogP contribution is 2.23. The first-order valence-corrected chi connectivity index (χ1v) is 8.00. The molecule has 7 nitrogen and oxygen atoms in total. The van der Waals surface area contributed by atoms with Crippen molar-refractivity contribution < 1.29 is 9.53 Å². The van der Waals surface area contributed by atoms with Gasteiger partial charge in [-0.05, 0) is 19.1 Å². The number of pyridine rings is 1. The van der Waals surface area contributed by atoms with Gasteiger partial charge in [0.15, 0.2) is 0 Å². The zero-order valence-electron chi connectivity index (χ0n) is 13.9. The van der Waals surface area contributed by atoms with Crippen LogP contribution in [0.5, 0.6) is 5.75 Å². The summed E-state index contributed by atoms with van der Waals surface area (Å²) in [6.07, 6.45) is 6.12. The van der Waals surface area contributed by atoms with Crippen LogP contribution in [0.4, 0.5) is 5.95 Å². The number of aryl methyl sites for hydroxylation is 1. The Morgan fingerprint density at radius 3 is 3.08 bits per heavy atom. The average molecular weight is 327 g/mol. The molecule has 1 saturated heterocycles. The number of amides is 1. The van der Waals surface area contributed by atoms with Crippen LogP contribution in [0.2, 0.25) is 0 Å². The van der Waals surface area contributed by atoms with Gasteiger partial charge in [0.05, 0.1) is 12.7 Å². The molecule has 1 N–H and O–H groups in total. The van der Waals surface area contributed by atoms with E-state index in [4.69, 9.17) is 4.74 Å². The van der Waals surface area contributed by atoms with Crippen LogP contribution < -0.4 is 15.0 Å². The number of carbonyl (C=O) groups excluding carboxylic acids is 1. The maximum absolute atomic E-state index is 11.1. The first-order chi connectivity index (χ1) is 11.6. The van der Waals surface area contributed by atoms with Gasteiger partial charge in [-0.25, -0.2) is 9.97 Å². The molecule has 1 atom stereocenters. The Morgan fingerprint density at radius 2 is 2.29 bits per heavy atom. The summed E-state index contributed by atoms with van der Waals surface area (Å²) >= 11 is 0. The monoisotopic (exact) mass is 327 g/mol. The van der Waals surface area contributed by atoms with Gasteiger partial charge in [-0.2, -0.15) is 0 Å². The second-order valence-corrected chi connectivity index (χ2v) is 5.87. The van der Waals surface area contributed by atoms with Gasteiger partial charge >= 0.3 is 0 Å². The van der Waals surface area contributed by atoms with Crippen molar-refractivity contribution in [3.63, 3.8) is 0 Å². The number of nitrogens with zero attached hydrogens (tertiary/aromatic N) is 4. The van der Waals surface area contributed by atoms with Crippen LogP contribution in [0.25, 0.3) is 0 Å². The molecule has 3 heterocycles. The predicted octanol–water partition coefficient (Wildman–Crippen LogP) is 1.47. The zero-order chi connectivity index (χ0) is 16.9. The molecule has 1 amide bonds. The molecule has 24 heavy (non-hydrogen) atoms. The van der Waals surface area contributed by atoms with E-state index in [2.05, 4.69) is 25.2 Å². The highest BCUT2D eigenvalue weighted by Gasteiger charge is 2.26. The van der Waals surface area contributed by atoms with Gasteiger partial charge in [-0.1, -0.05) is 0 Å². The Balaban J connectivity index is 1.64. The summed E-state index contributed by atoms with van der Waals surface area (Å²) in [6, 6.07) is 3.75. The van der Waals surface area contributed by atoms with Gasteiger partial charge in [0.25, 0.3) is 0 Å². The molecule has 0 unspecified atom stereocenters. The largest absolute Gasteiger partial charge is 0.487 e. The minimum absolute atomic E-state index is 0.0504. The van der Waals surface area contributed by atoms with E-state index in [-0.39, 0.29) is 12.0 Å². The lowest BCUT2D eigenvalue weighted by Gasteiger charge is -2.18. The number of aromatic nitrogens is 3. The smallest absolute Gasteiger partial charge is 0.225 e. The molecular formula is C17H21N5O2. The molecule has 3 rings (SSSR count). The Kier molecular flexibility index (Phi) is 4.88. The van der Waals surface area contributed by atoms with Crippen LogP contribution in [0.3, 0.4) is 0 Å². The molecular weight excluding hydrogens is 306 g/mol. The molecule has 0 aliphatic carbocycles. The third-order valence-corrected chi connectivity index (χ3v) is 3.90. The third kappa shape index (κ3) is 3.98. The van der Waals surface area contributed by atoms with Crippen LogP contribution in [0, 0.1) is 6.92 Å². The van der Waals surface area contributed by atoms with Gasteiger partial charge in [-0.15, -0.1) is 0 Å². The highest BCUT2D eigenvalue weighted by molar-refractivity contribution is 5.72. The minimum Gasteiger partial charge on any atom is -0.487 e. The molecule has 2 aromatic rings. The number of nitrogens with one attached hydrogen (secondary N) is 1. The third-order valence-electron chi connectivity index (χ3n) is 3.90. The van der Waals surface area contributed by atoms with Crippen molar-refractivity contribution in [3.05, 3.63) is 42.0 Å². The lowest BCUT2D eigenvalue weighted by atomic mass is 10.2. The van der Waals surface area contributed by atoms with E-state index in [1.807, 2.05) is 19.1 Å². The Bertz CT molecular complexity index is 722. The van der Waals surface area contributed by atoms with E-state index in [9.17, 15) is 4.79 Å². The summed E-state index contributed by atoms with van der Waals surface area (Å²) in [5.41, 5.74) is 1.87. The fourth-order valence-electron chi connectivity index (χ4n) is 2.65. The summed E-state index contributed by atoms with van der Waals surface area (Å²) < 4.78 is 6.11. The number of hydrogen-bond donors (Lipinski definition) is 1. The number of hydrogen-bond acceptors (Lipinski definition) is 6. The van der Waals surface area contributed by atoms with E-state index >= 15 is 0 Å². The number of ether oxygens (including phenoxy) is 1. The molecule has 126 valence electrons. The van der Waals surface area contributed by atoms with E-state index in [0.29, 0.717) is 12.3 Å². The maximum atomic E-state index is 11.1. The summed E-state index contributed by atoms with van der Waals surface area (Å²) in [5, 5.41) is 2.79. The number of anilines is 1. The second-order valence-electron chi connectivity index (χ2n) is 5.87. The van der Waals surface area contributed by atoms with E-state index < -0.39 is 0 Å². The van der Waals surface area contributed by atoms with Gasteiger partial charge in [0.2, 0.25) is 11.9 Å². The van der Waals surface area contributed by atoms with Crippen LogP contribution in [0.15, 0.2) is 30.7 Å². The lowest BCUT2D eigenvalue weighted by Crippen LogP contribution is -2.26. The van der Waals surface area contributed by atoms with Crippen molar-refractivity contribution >= 4 is 11.9 Å². The molecule has 7 heteroatoms. The molecule has 1 aliphatic heterocycles. The van der Waals surface area contributed by atoms with Crippen molar-refractivity contribution in [3.8, 4) is 5.75 Å². The summed E-state index contributed by atoms with van der Waals surface area (Å²) in [7, 11) is 0. The number of rotatable bonds is 5. The van der Waals surface area contributed by atoms with Crippen LogP contribution >= 0.6 is 0 Å². The standard InChI is InChI=1S/C17H21N5O2/c1-12-3-7-19-17(21-12)22-8-5-15(11-22)24-16-10-18-6-4-14(16)9-20-13(2)23/h3-4,6-7,10,15H,5,8-9,11H2,1-2H3,(H,20,23)/t15-/m0/s1. The Labute approximate surface area is 141 Å². The van der Waals surface area contributed by atoms with Gasteiger partial charge in [-0.3, -0.25) is 9.78 Å². The second kappa shape index (κ2) is 7.25. The van der Waals surface area contributed by atoms with E-state index in [0.717, 1.165) is 36.7 Å². The van der Waals surface area contributed by atoms with Gasteiger partial charge < -0.3 is 15.0 Å². The topological polar surface area (TPSA) is 80.2 Å². The fraction of sp³-hybridized carbons (Fsp3) is 0.412. The van der Waals surface area contributed by atoms with Crippen molar-refractivity contribution in [2.24, 2.45) is 0 Å². The first-order valence-electron chi connectivity index (χ1n) is 8.00. The first kappa shape index (κ1) is 16.2. The minimum atomic E-state index is -0.0681. The van der Waals surface area contributed by atoms with Crippen molar-refractivity contribution in [2.45, 2.75) is 32.9 Å². The van der Waals surface area contributed by atoms with Crippen molar-refractivity contribution in [2.75, 3.05) is 18.0 Å². The normalized spacial score (nSPS) is 16.9. The molecule has 2 aromatic heterocycles. The van der Waals surface area contributed by atoms with E-state index in [1.54, 1.807) is 18.6 Å². The van der Waals surface area contributed by atoms with Gasteiger partial charge in [0, 0.05) is 50.1 Å². The summed E-state index contributed by atoms with van der Waals surface area (Å²) in [6.45, 7) is 5.48. The van der Waals surface area contributed by atoms with Gasteiger partial charge in [0.1, 0.15) is 11.9 Å². The van der Waals surface area contributed by atoms with E-state index in [1.165, 1.54) is 6.92 Å². The van der Waals surface area contributed by atoms with Crippen molar-refractivity contribution in [1.29, 1.82) is 0 Å². The SMILES string of the molecule is CC(=O)NCc1ccncc1O[C@H]1CCN(c2nccc(C)n2)C1. The Hall–Kier alpha value is -2.70. The van der Waals surface area contributed by atoms with Crippen LogP contribution in [0.1, 0.15) is 24.6 Å². The fourth-order valence-corrected chi connectivity index (χ4v) is 2.65. The summed E-state index contributed by atoms with van der Waals surface area (Å²) in [4.78, 5) is 26.2. The maximum Gasteiger partial charge on any atom is 0.225 e. The lowest BCUT2D eigenvalue weighted by molar-refractivity contribution is -0.119. The van der Waals surface area contributed by atoms with Crippen molar-refractivity contribution in [1.82, 2.24) is 20.3 Å². The average Bonchev–Trinajstić information content (AvgIpc) is 3.02. The quantitative estimate of drug-likeness (QED) is 0.896. The molecule has 0 spiro atoms. The molecule has 0 radical (unpaired) electrons. The molecule has 0 saturated carbocycles. The molecule has 1 fully saturated rings.